The monoisotopic (exact) mass is 265 g/mol. The lowest BCUT2D eigenvalue weighted by molar-refractivity contribution is 0.148. The first-order chi connectivity index (χ1) is 8.97. The SMILES string of the molecule is CC1CCCC1CNCC1CCC(C(C)(C)C)CC1. The van der Waals surface area contributed by atoms with Crippen LogP contribution >= 0.6 is 0 Å². The average molecular weight is 265 g/mol. The van der Waals surface area contributed by atoms with E-state index >= 15 is 0 Å². The molecule has 2 rings (SSSR count). The molecule has 0 bridgehead atoms. The number of rotatable bonds is 4. The number of hydrogen-bond donors (Lipinski definition) is 1. The van der Waals surface area contributed by atoms with E-state index in [0.717, 1.165) is 23.7 Å². The molecule has 2 unspecified atom stereocenters. The van der Waals surface area contributed by atoms with Crippen molar-refractivity contribution in [3.63, 3.8) is 0 Å². The minimum atomic E-state index is 0.525. The highest BCUT2D eigenvalue weighted by atomic mass is 14.9. The summed E-state index contributed by atoms with van der Waals surface area (Å²) in [5.74, 6) is 3.84. The second-order valence-corrected chi connectivity index (χ2v) is 8.41. The second kappa shape index (κ2) is 6.61. The Morgan fingerprint density at radius 2 is 1.58 bits per heavy atom. The Bertz CT molecular complexity index is 257. The summed E-state index contributed by atoms with van der Waals surface area (Å²) in [5, 5.41) is 3.78. The number of hydrogen-bond acceptors (Lipinski definition) is 1. The topological polar surface area (TPSA) is 12.0 Å². The normalized spacial score (nSPS) is 36.6. The molecule has 0 amide bonds. The van der Waals surface area contributed by atoms with Crippen molar-refractivity contribution in [2.75, 3.05) is 13.1 Å². The standard InChI is InChI=1S/C18H35N/c1-14-6-5-7-16(14)13-19-12-15-8-10-17(11-9-15)18(2,3)4/h14-17,19H,5-13H2,1-4H3. The summed E-state index contributed by atoms with van der Waals surface area (Å²) in [4.78, 5) is 0. The van der Waals surface area contributed by atoms with Gasteiger partial charge in [0, 0.05) is 0 Å². The van der Waals surface area contributed by atoms with E-state index in [9.17, 15) is 0 Å². The van der Waals surface area contributed by atoms with Gasteiger partial charge in [-0.05, 0) is 74.3 Å². The van der Waals surface area contributed by atoms with E-state index in [4.69, 9.17) is 0 Å². The zero-order valence-electron chi connectivity index (χ0n) is 13.7. The highest BCUT2D eigenvalue weighted by Gasteiger charge is 2.29. The van der Waals surface area contributed by atoms with Crippen molar-refractivity contribution in [3.8, 4) is 0 Å². The summed E-state index contributed by atoms with van der Waals surface area (Å²) < 4.78 is 0. The molecule has 2 aliphatic rings. The maximum Gasteiger partial charge on any atom is -0.00179 e. The summed E-state index contributed by atoms with van der Waals surface area (Å²) in [7, 11) is 0. The number of nitrogens with one attached hydrogen (secondary N) is 1. The van der Waals surface area contributed by atoms with Crippen LogP contribution in [0.5, 0.6) is 0 Å². The van der Waals surface area contributed by atoms with Gasteiger partial charge in [-0.25, -0.2) is 0 Å². The first-order valence-corrected chi connectivity index (χ1v) is 8.67. The van der Waals surface area contributed by atoms with E-state index in [1.807, 2.05) is 0 Å². The van der Waals surface area contributed by atoms with Crippen LogP contribution in [0.3, 0.4) is 0 Å². The Kier molecular flexibility index (Phi) is 5.34. The Labute approximate surface area is 120 Å². The fourth-order valence-corrected chi connectivity index (χ4v) is 4.23. The Balaban J connectivity index is 1.61. The minimum Gasteiger partial charge on any atom is -0.316 e. The average Bonchev–Trinajstić information content (AvgIpc) is 2.75. The maximum absolute atomic E-state index is 3.78. The molecule has 0 spiro atoms. The summed E-state index contributed by atoms with van der Waals surface area (Å²) in [6, 6.07) is 0. The van der Waals surface area contributed by atoms with Crippen LogP contribution in [0.25, 0.3) is 0 Å². The highest BCUT2D eigenvalue weighted by Crippen LogP contribution is 2.39. The zero-order chi connectivity index (χ0) is 13.9. The minimum absolute atomic E-state index is 0.525. The van der Waals surface area contributed by atoms with E-state index in [-0.39, 0.29) is 0 Å². The van der Waals surface area contributed by atoms with Gasteiger partial charge < -0.3 is 5.32 Å². The van der Waals surface area contributed by atoms with Crippen molar-refractivity contribution in [3.05, 3.63) is 0 Å². The molecular weight excluding hydrogens is 230 g/mol. The zero-order valence-corrected chi connectivity index (χ0v) is 13.7. The van der Waals surface area contributed by atoms with E-state index in [0.29, 0.717) is 5.41 Å². The van der Waals surface area contributed by atoms with Crippen molar-refractivity contribution in [2.45, 2.75) is 72.6 Å². The molecule has 0 aromatic carbocycles. The Hall–Kier alpha value is -0.0400. The lowest BCUT2D eigenvalue weighted by Crippen LogP contribution is -2.33. The van der Waals surface area contributed by atoms with Crippen LogP contribution in [-0.2, 0) is 0 Å². The van der Waals surface area contributed by atoms with Crippen LogP contribution in [0, 0.1) is 29.1 Å². The molecule has 0 saturated heterocycles. The molecule has 0 radical (unpaired) electrons. The van der Waals surface area contributed by atoms with Crippen LogP contribution in [-0.4, -0.2) is 13.1 Å². The van der Waals surface area contributed by atoms with Crippen molar-refractivity contribution >= 4 is 0 Å². The van der Waals surface area contributed by atoms with Crippen molar-refractivity contribution in [1.29, 1.82) is 0 Å². The maximum atomic E-state index is 3.78. The third-order valence-electron chi connectivity index (χ3n) is 5.95. The van der Waals surface area contributed by atoms with Gasteiger partial charge in [0.2, 0.25) is 0 Å². The third kappa shape index (κ3) is 4.48. The van der Waals surface area contributed by atoms with Gasteiger partial charge in [0.05, 0.1) is 0 Å². The Morgan fingerprint density at radius 3 is 2.11 bits per heavy atom. The van der Waals surface area contributed by atoms with Crippen molar-refractivity contribution < 1.29 is 0 Å². The molecule has 2 fully saturated rings. The first kappa shape index (κ1) is 15.4. The third-order valence-corrected chi connectivity index (χ3v) is 5.95. The molecule has 19 heavy (non-hydrogen) atoms. The molecule has 2 saturated carbocycles. The van der Waals surface area contributed by atoms with Gasteiger partial charge in [-0.1, -0.05) is 40.5 Å². The van der Waals surface area contributed by atoms with Gasteiger partial charge in [-0.15, -0.1) is 0 Å². The quantitative estimate of drug-likeness (QED) is 0.765. The molecule has 0 aromatic heterocycles. The summed E-state index contributed by atoms with van der Waals surface area (Å²) in [6.07, 6.45) is 10.2. The summed E-state index contributed by atoms with van der Waals surface area (Å²) in [6.45, 7) is 12.2. The van der Waals surface area contributed by atoms with Crippen LogP contribution in [0.1, 0.15) is 72.6 Å². The predicted octanol–water partition coefficient (Wildman–Crippen LogP) is 4.86. The predicted molar refractivity (Wildman–Crippen MR) is 84.3 cm³/mol. The highest BCUT2D eigenvalue weighted by molar-refractivity contribution is 4.82. The molecule has 2 atom stereocenters. The largest absolute Gasteiger partial charge is 0.316 e. The molecule has 0 heterocycles. The van der Waals surface area contributed by atoms with Gasteiger partial charge >= 0.3 is 0 Å². The van der Waals surface area contributed by atoms with E-state index in [1.165, 1.54) is 58.0 Å². The molecule has 0 aliphatic heterocycles. The van der Waals surface area contributed by atoms with Crippen molar-refractivity contribution in [1.82, 2.24) is 5.32 Å². The van der Waals surface area contributed by atoms with Crippen LogP contribution in [0.2, 0.25) is 0 Å². The van der Waals surface area contributed by atoms with E-state index in [2.05, 4.69) is 33.0 Å². The molecule has 1 N–H and O–H groups in total. The lowest BCUT2D eigenvalue weighted by atomic mass is 9.70. The molecule has 112 valence electrons. The lowest BCUT2D eigenvalue weighted by Gasteiger charge is -2.37. The fraction of sp³-hybridized carbons (Fsp3) is 1.00. The van der Waals surface area contributed by atoms with E-state index in [1.54, 1.807) is 0 Å². The van der Waals surface area contributed by atoms with Gasteiger partial charge in [-0.2, -0.15) is 0 Å². The second-order valence-electron chi connectivity index (χ2n) is 8.41. The van der Waals surface area contributed by atoms with Crippen LogP contribution in [0.4, 0.5) is 0 Å². The molecule has 2 aliphatic carbocycles. The van der Waals surface area contributed by atoms with Crippen LogP contribution in [0.15, 0.2) is 0 Å². The molecule has 0 aromatic rings. The summed E-state index contributed by atoms with van der Waals surface area (Å²) >= 11 is 0. The first-order valence-electron chi connectivity index (χ1n) is 8.67. The van der Waals surface area contributed by atoms with Crippen LogP contribution < -0.4 is 5.32 Å². The summed E-state index contributed by atoms with van der Waals surface area (Å²) in [5.41, 5.74) is 0.525. The van der Waals surface area contributed by atoms with Gasteiger partial charge in [0.25, 0.3) is 0 Å². The van der Waals surface area contributed by atoms with E-state index < -0.39 is 0 Å². The molecular formula is C18H35N. The Morgan fingerprint density at radius 1 is 0.895 bits per heavy atom. The fourth-order valence-electron chi connectivity index (χ4n) is 4.23. The smallest absolute Gasteiger partial charge is 0.00179 e. The molecule has 1 heteroatoms. The molecule has 1 nitrogen and oxygen atoms in total. The van der Waals surface area contributed by atoms with Gasteiger partial charge in [0.15, 0.2) is 0 Å². The van der Waals surface area contributed by atoms with Gasteiger partial charge in [0.1, 0.15) is 0 Å². The van der Waals surface area contributed by atoms with Gasteiger partial charge in [-0.3, -0.25) is 0 Å². The van der Waals surface area contributed by atoms with Crippen molar-refractivity contribution in [2.24, 2.45) is 29.1 Å².